The summed E-state index contributed by atoms with van der Waals surface area (Å²) in [6, 6.07) is 7.49. The normalized spacial score (nSPS) is 12.4. The Morgan fingerprint density at radius 1 is 1.25 bits per heavy atom. The molecule has 0 aliphatic carbocycles. The van der Waals surface area contributed by atoms with E-state index in [2.05, 4.69) is 20.6 Å². The average Bonchev–Trinajstić information content (AvgIpc) is 3.36. The van der Waals surface area contributed by atoms with E-state index in [1.807, 2.05) is 38.1 Å². The van der Waals surface area contributed by atoms with Crippen molar-refractivity contribution < 1.29 is 14.3 Å². The van der Waals surface area contributed by atoms with Crippen LogP contribution in [0, 0.1) is 13.8 Å². The third kappa shape index (κ3) is 3.60. The van der Waals surface area contributed by atoms with Crippen LogP contribution in [0.1, 0.15) is 17.0 Å². The van der Waals surface area contributed by atoms with E-state index < -0.39 is 0 Å². The van der Waals surface area contributed by atoms with Gasteiger partial charge in [0.1, 0.15) is 0 Å². The van der Waals surface area contributed by atoms with E-state index in [1.54, 1.807) is 4.68 Å². The lowest BCUT2D eigenvalue weighted by Gasteiger charge is -2.07. The molecule has 3 aromatic rings. The molecule has 1 aromatic carbocycles. The molecule has 0 atom stereocenters. The highest BCUT2D eigenvalue weighted by Crippen LogP contribution is 2.32. The van der Waals surface area contributed by atoms with Crippen molar-refractivity contribution in [2.24, 2.45) is 0 Å². The van der Waals surface area contributed by atoms with Crippen molar-refractivity contribution in [1.29, 1.82) is 0 Å². The Bertz CT molecular complexity index is 1030. The number of nitrogens with one attached hydrogen (secondary N) is 1. The van der Waals surface area contributed by atoms with Gasteiger partial charge < -0.3 is 20.6 Å². The van der Waals surface area contributed by atoms with Crippen LogP contribution in [0.5, 0.6) is 11.5 Å². The Morgan fingerprint density at radius 3 is 2.86 bits per heavy atom. The van der Waals surface area contributed by atoms with Gasteiger partial charge >= 0.3 is 0 Å². The summed E-state index contributed by atoms with van der Waals surface area (Å²) in [5.41, 5.74) is 2.68. The smallest absolute Gasteiger partial charge is 0.271 e. The second kappa shape index (κ2) is 7.43. The van der Waals surface area contributed by atoms with E-state index in [9.17, 15) is 4.79 Å². The number of ether oxygens (including phenoxy) is 2. The summed E-state index contributed by atoms with van der Waals surface area (Å²) in [5.74, 6) is 7.89. The molecule has 0 saturated heterocycles. The fourth-order valence-electron chi connectivity index (χ4n) is 2.78. The Balaban J connectivity index is 1.33. The quantitative estimate of drug-likeness (QED) is 0.462. The molecule has 28 heavy (non-hydrogen) atoms. The van der Waals surface area contributed by atoms with Crippen LogP contribution in [0.3, 0.4) is 0 Å². The van der Waals surface area contributed by atoms with E-state index in [0.29, 0.717) is 29.1 Å². The number of aryl methyl sites for hydroxylation is 2. The molecule has 0 unspecified atom stereocenters. The van der Waals surface area contributed by atoms with Gasteiger partial charge in [-0.25, -0.2) is 9.36 Å². The summed E-state index contributed by atoms with van der Waals surface area (Å²) in [4.78, 5) is 12.2. The number of hydrogen-bond donors (Lipinski definition) is 2. The number of hydrogen-bond acceptors (Lipinski definition) is 8. The number of amides is 1. The molecule has 4 rings (SSSR count). The lowest BCUT2D eigenvalue weighted by Crippen LogP contribution is -2.25. The summed E-state index contributed by atoms with van der Waals surface area (Å²) in [5, 5.41) is 15.8. The molecule has 0 saturated carbocycles. The maximum atomic E-state index is 12.2. The molecule has 3 heterocycles. The van der Waals surface area contributed by atoms with E-state index in [4.69, 9.17) is 15.3 Å². The first kappa shape index (κ1) is 18.2. The molecule has 10 nitrogen and oxygen atoms in total. The Labute approximate surface area is 165 Å². The number of fused-ring (bicyclic) bond motifs is 1. The van der Waals surface area contributed by atoms with Crippen molar-refractivity contribution in [3.63, 3.8) is 0 Å². The first-order valence-electron chi connectivity index (χ1n) is 8.53. The molecule has 1 amide bonds. The minimum Gasteiger partial charge on any atom is -0.454 e. The van der Waals surface area contributed by atoms with Crippen LogP contribution in [0.2, 0.25) is 0 Å². The molecule has 1 aliphatic rings. The standard InChI is InChI=1S/C17H19N7O3S/c1-10-5-11(2)24(22-10)16-20-21-17(23(16)18)28-8-15(25)19-7-12-3-4-13-14(6-12)27-9-26-13/h3-6H,7-9,18H2,1-2H3,(H,19,25). The minimum atomic E-state index is -0.140. The van der Waals surface area contributed by atoms with Crippen molar-refractivity contribution in [3.8, 4) is 17.4 Å². The van der Waals surface area contributed by atoms with E-state index >= 15 is 0 Å². The molecule has 0 bridgehead atoms. The van der Waals surface area contributed by atoms with Gasteiger partial charge in [-0.3, -0.25) is 4.79 Å². The number of benzene rings is 1. The molecule has 0 radical (unpaired) electrons. The van der Waals surface area contributed by atoms with Crippen molar-refractivity contribution in [1.82, 2.24) is 30.0 Å². The third-order valence-corrected chi connectivity index (χ3v) is 5.05. The van der Waals surface area contributed by atoms with Crippen molar-refractivity contribution in [3.05, 3.63) is 41.2 Å². The zero-order valence-corrected chi connectivity index (χ0v) is 16.2. The second-order valence-corrected chi connectivity index (χ2v) is 7.19. The second-order valence-electron chi connectivity index (χ2n) is 6.24. The highest BCUT2D eigenvalue weighted by atomic mass is 32.2. The summed E-state index contributed by atoms with van der Waals surface area (Å²) in [6.07, 6.45) is 0. The highest BCUT2D eigenvalue weighted by Gasteiger charge is 2.17. The van der Waals surface area contributed by atoms with Crippen molar-refractivity contribution in [2.45, 2.75) is 25.5 Å². The minimum absolute atomic E-state index is 0.140. The number of nitrogens with zero attached hydrogens (tertiary/aromatic N) is 5. The zero-order valence-electron chi connectivity index (χ0n) is 15.4. The van der Waals surface area contributed by atoms with Crippen LogP contribution in [-0.2, 0) is 11.3 Å². The number of thioether (sulfide) groups is 1. The van der Waals surface area contributed by atoms with Crippen LogP contribution in [-0.4, -0.2) is 43.1 Å². The van der Waals surface area contributed by atoms with Crippen LogP contribution in [0.4, 0.5) is 0 Å². The molecule has 0 spiro atoms. The topological polar surface area (TPSA) is 122 Å². The molecule has 11 heteroatoms. The number of carbonyl (C=O) groups excluding carboxylic acids is 1. The largest absolute Gasteiger partial charge is 0.454 e. The Hall–Kier alpha value is -3.21. The average molecular weight is 401 g/mol. The van der Waals surface area contributed by atoms with Crippen molar-refractivity contribution in [2.75, 3.05) is 18.4 Å². The number of aromatic nitrogens is 5. The Kier molecular flexibility index (Phi) is 4.82. The van der Waals surface area contributed by atoms with Gasteiger partial charge in [-0.15, -0.1) is 10.2 Å². The van der Waals surface area contributed by atoms with E-state index in [1.165, 1.54) is 16.4 Å². The number of nitrogen functional groups attached to an aromatic ring is 1. The van der Waals surface area contributed by atoms with Crippen molar-refractivity contribution >= 4 is 17.7 Å². The number of nitrogens with two attached hydrogens (primary N) is 1. The molecule has 1 aliphatic heterocycles. The van der Waals surface area contributed by atoms with Crippen LogP contribution < -0.4 is 20.6 Å². The first-order valence-corrected chi connectivity index (χ1v) is 9.52. The monoisotopic (exact) mass is 401 g/mol. The third-order valence-electron chi connectivity index (χ3n) is 4.10. The fourth-order valence-corrected chi connectivity index (χ4v) is 3.46. The highest BCUT2D eigenvalue weighted by molar-refractivity contribution is 7.99. The molecule has 3 N–H and O–H groups in total. The summed E-state index contributed by atoms with van der Waals surface area (Å²) < 4.78 is 13.6. The summed E-state index contributed by atoms with van der Waals surface area (Å²) in [7, 11) is 0. The van der Waals surface area contributed by atoms with Crippen LogP contribution in [0.25, 0.3) is 5.95 Å². The van der Waals surface area contributed by atoms with E-state index in [-0.39, 0.29) is 18.5 Å². The number of carbonyl (C=O) groups is 1. The molecule has 146 valence electrons. The predicted molar refractivity (Wildman–Crippen MR) is 102 cm³/mol. The molecule has 2 aromatic heterocycles. The van der Waals surface area contributed by atoms with E-state index in [0.717, 1.165) is 17.0 Å². The van der Waals surface area contributed by atoms with Gasteiger partial charge in [-0.2, -0.15) is 5.10 Å². The van der Waals surface area contributed by atoms with Gasteiger partial charge in [-0.05, 0) is 37.6 Å². The van der Waals surface area contributed by atoms with Gasteiger partial charge in [-0.1, -0.05) is 17.8 Å². The van der Waals surface area contributed by atoms with Crippen LogP contribution in [0.15, 0.2) is 29.4 Å². The van der Waals surface area contributed by atoms with Crippen LogP contribution >= 0.6 is 11.8 Å². The molecule has 0 fully saturated rings. The molecular weight excluding hydrogens is 382 g/mol. The predicted octanol–water partition coefficient (Wildman–Crippen LogP) is 0.932. The first-order chi connectivity index (χ1) is 13.5. The zero-order chi connectivity index (χ0) is 19.7. The summed E-state index contributed by atoms with van der Waals surface area (Å²) in [6.45, 7) is 4.41. The maximum absolute atomic E-state index is 12.2. The van der Waals surface area contributed by atoms with Gasteiger partial charge in [0, 0.05) is 12.2 Å². The SMILES string of the molecule is Cc1cc(C)n(-c2nnc(SCC(=O)NCc3ccc4c(c3)OCO4)n2N)n1. The fraction of sp³-hybridized carbons (Fsp3) is 0.294. The lowest BCUT2D eigenvalue weighted by molar-refractivity contribution is -0.118. The number of rotatable bonds is 6. The van der Waals surface area contributed by atoms with Gasteiger partial charge in [0.25, 0.3) is 5.95 Å². The van der Waals surface area contributed by atoms with Gasteiger partial charge in [0.2, 0.25) is 17.9 Å². The van der Waals surface area contributed by atoms with Gasteiger partial charge in [0.15, 0.2) is 11.5 Å². The Morgan fingerprint density at radius 2 is 2.07 bits per heavy atom. The maximum Gasteiger partial charge on any atom is 0.271 e. The van der Waals surface area contributed by atoms with Gasteiger partial charge in [0.05, 0.1) is 11.4 Å². The summed E-state index contributed by atoms with van der Waals surface area (Å²) >= 11 is 1.21. The lowest BCUT2D eigenvalue weighted by atomic mass is 10.2. The molecular formula is C17H19N7O3S.